The Labute approximate surface area is 66.2 Å². The maximum Gasteiger partial charge on any atom is 0.141 e. The Bertz CT molecular complexity index is 270. The van der Waals surface area contributed by atoms with E-state index in [2.05, 4.69) is 11.9 Å². The number of hydrogen-bond acceptors (Lipinski definition) is 2. The molecular weight excluding hydrogens is 138 g/mol. The molecule has 0 spiro atoms. The van der Waals surface area contributed by atoms with Crippen LogP contribution < -0.4 is 4.74 Å². The molecule has 1 aromatic heterocycles. The van der Waals surface area contributed by atoms with E-state index in [0.717, 1.165) is 25.2 Å². The van der Waals surface area contributed by atoms with Gasteiger partial charge in [-0.2, -0.15) is 0 Å². The minimum Gasteiger partial charge on any atom is -0.492 e. The van der Waals surface area contributed by atoms with Crippen LogP contribution in [0.1, 0.15) is 17.5 Å². The van der Waals surface area contributed by atoms with Crippen LogP contribution in [0.15, 0.2) is 12.4 Å². The third-order valence-electron chi connectivity index (χ3n) is 2.06. The van der Waals surface area contributed by atoms with E-state index in [1.807, 2.05) is 12.4 Å². The topological polar surface area (TPSA) is 22.1 Å². The molecule has 0 atom stereocenters. The highest BCUT2D eigenvalue weighted by molar-refractivity contribution is 5.37. The van der Waals surface area contributed by atoms with Crippen LogP contribution in [0.4, 0.5) is 0 Å². The van der Waals surface area contributed by atoms with Crippen molar-refractivity contribution in [3.8, 4) is 5.75 Å². The van der Waals surface area contributed by atoms with Crippen molar-refractivity contribution in [1.29, 1.82) is 0 Å². The predicted molar refractivity (Wildman–Crippen MR) is 42.8 cm³/mol. The lowest BCUT2D eigenvalue weighted by molar-refractivity contribution is 0.286. The first-order valence-corrected chi connectivity index (χ1v) is 3.94. The average Bonchev–Trinajstić information content (AvgIpc) is 2.06. The summed E-state index contributed by atoms with van der Waals surface area (Å²) in [6.45, 7) is 2.93. The highest BCUT2D eigenvalue weighted by Gasteiger charge is 2.11. The van der Waals surface area contributed by atoms with Gasteiger partial charge in [-0.25, -0.2) is 0 Å². The molecular formula is C9H11NO. The standard InChI is InChI=1S/C9H11NO/c1-7-5-10-6-9-8(7)3-2-4-11-9/h5-6H,2-4H2,1H3. The van der Waals surface area contributed by atoms with Crippen molar-refractivity contribution >= 4 is 0 Å². The van der Waals surface area contributed by atoms with Crippen LogP contribution >= 0.6 is 0 Å². The normalized spacial score (nSPS) is 15.4. The van der Waals surface area contributed by atoms with Crippen molar-refractivity contribution in [3.05, 3.63) is 23.5 Å². The van der Waals surface area contributed by atoms with Crippen LogP contribution in [-0.2, 0) is 6.42 Å². The second kappa shape index (κ2) is 2.53. The van der Waals surface area contributed by atoms with E-state index in [1.54, 1.807) is 0 Å². The zero-order chi connectivity index (χ0) is 7.68. The van der Waals surface area contributed by atoms with Crippen LogP contribution in [-0.4, -0.2) is 11.6 Å². The van der Waals surface area contributed by atoms with Crippen molar-refractivity contribution in [2.24, 2.45) is 0 Å². The van der Waals surface area contributed by atoms with Crippen molar-refractivity contribution in [1.82, 2.24) is 4.98 Å². The number of rotatable bonds is 0. The van der Waals surface area contributed by atoms with E-state index < -0.39 is 0 Å². The molecule has 0 radical (unpaired) electrons. The van der Waals surface area contributed by atoms with Crippen LogP contribution in [0.3, 0.4) is 0 Å². The predicted octanol–water partition coefficient (Wildman–Crippen LogP) is 1.72. The molecule has 1 aliphatic heterocycles. The Morgan fingerprint density at radius 2 is 2.36 bits per heavy atom. The summed E-state index contributed by atoms with van der Waals surface area (Å²) in [4.78, 5) is 4.07. The van der Waals surface area contributed by atoms with E-state index >= 15 is 0 Å². The summed E-state index contributed by atoms with van der Waals surface area (Å²) in [5, 5.41) is 0. The summed E-state index contributed by atoms with van der Waals surface area (Å²) in [6, 6.07) is 0. The van der Waals surface area contributed by atoms with Crippen LogP contribution in [0.2, 0.25) is 0 Å². The summed E-state index contributed by atoms with van der Waals surface area (Å²) in [5.74, 6) is 0.983. The van der Waals surface area contributed by atoms with Gasteiger partial charge in [0.2, 0.25) is 0 Å². The highest BCUT2D eigenvalue weighted by Crippen LogP contribution is 2.25. The summed E-state index contributed by atoms with van der Waals surface area (Å²) in [5.41, 5.74) is 2.59. The molecule has 2 nitrogen and oxygen atoms in total. The summed E-state index contributed by atoms with van der Waals surface area (Å²) >= 11 is 0. The average molecular weight is 149 g/mol. The van der Waals surface area contributed by atoms with Crippen molar-refractivity contribution in [2.45, 2.75) is 19.8 Å². The fourth-order valence-corrected chi connectivity index (χ4v) is 1.44. The molecule has 0 aromatic carbocycles. The lowest BCUT2D eigenvalue weighted by atomic mass is 10.0. The monoisotopic (exact) mass is 149 g/mol. The zero-order valence-corrected chi connectivity index (χ0v) is 6.63. The van der Waals surface area contributed by atoms with Crippen LogP contribution in [0.5, 0.6) is 5.75 Å². The van der Waals surface area contributed by atoms with E-state index in [-0.39, 0.29) is 0 Å². The third kappa shape index (κ3) is 1.09. The fraction of sp³-hybridized carbons (Fsp3) is 0.444. The number of pyridine rings is 1. The van der Waals surface area contributed by atoms with Crippen LogP contribution in [0, 0.1) is 6.92 Å². The first-order chi connectivity index (χ1) is 5.38. The van der Waals surface area contributed by atoms with Gasteiger partial charge in [-0.3, -0.25) is 4.98 Å². The SMILES string of the molecule is Cc1cncc2c1CCCO2. The van der Waals surface area contributed by atoms with Gasteiger partial charge >= 0.3 is 0 Å². The first-order valence-electron chi connectivity index (χ1n) is 3.94. The van der Waals surface area contributed by atoms with Gasteiger partial charge in [0.1, 0.15) is 5.75 Å². The molecule has 58 valence electrons. The Morgan fingerprint density at radius 1 is 1.45 bits per heavy atom. The molecule has 0 fully saturated rings. The number of hydrogen-bond donors (Lipinski definition) is 0. The zero-order valence-electron chi connectivity index (χ0n) is 6.63. The summed E-state index contributed by atoms with van der Waals surface area (Å²) < 4.78 is 5.44. The molecule has 2 heteroatoms. The van der Waals surface area contributed by atoms with Gasteiger partial charge in [0.15, 0.2) is 0 Å². The number of aromatic nitrogens is 1. The largest absolute Gasteiger partial charge is 0.492 e. The smallest absolute Gasteiger partial charge is 0.141 e. The number of fused-ring (bicyclic) bond motifs is 1. The molecule has 2 rings (SSSR count). The molecule has 0 N–H and O–H groups in total. The maximum atomic E-state index is 5.44. The van der Waals surface area contributed by atoms with E-state index in [0.29, 0.717) is 0 Å². The molecule has 0 unspecified atom stereocenters. The molecule has 1 aliphatic rings. The minimum absolute atomic E-state index is 0.845. The molecule has 1 aromatic rings. The molecule has 0 saturated carbocycles. The second-order valence-corrected chi connectivity index (χ2v) is 2.89. The Hall–Kier alpha value is -1.05. The minimum atomic E-state index is 0.845. The lowest BCUT2D eigenvalue weighted by Crippen LogP contribution is -2.09. The Morgan fingerprint density at radius 3 is 3.18 bits per heavy atom. The summed E-state index contributed by atoms with van der Waals surface area (Å²) in [7, 11) is 0. The molecule has 2 heterocycles. The van der Waals surface area contributed by atoms with Crippen molar-refractivity contribution in [3.63, 3.8) is 0 Å². The molecule has 0 bridgehead atoms. The second-order valence-electron chi connectivity index (χ2n) is 2.89. The Kier molecular flexibility index (Phi) is 1.53. The van der Waals surface area contributed by atoms with Gasteiger partial charge in [0, 0.05) is 11.8 Å². The fourth-order valence-electron chi connectivity index (χ4n) is 1.44. The number of nitrogens with zero attached hydrogens (tertiary/aromatic N) is 1. The van der Waals surface area contributed by atoms with E-state index in [9.17, 15) is 0 Å². The highest BCUT2D eigenvalue weighted by atomic mass is 16.5. The van der Waals surface area contributed by atoms with Gasteiger partial charge in [-0.15, -0.1) is 0 Å². The third-order valence-corrected chi connectivity index (χ3v) is 2.06. The number of aryl methyl sites for hydroxylation is 1. The van der Waals surface area contributed by atoms with Gasteiger partial charge in [-0.1, -0.05) is 0 Å². The van der Waals surface area contributed by atoms with E-state index in [4.69, 9.17) is 4.74 Å². The Balaban J connectivity index is 2.49. The van der Waals surface area contributed by atoms with Crippen LogP contribution in [0.25, 0.3) is 0 Å². The van der Waals surface area contributed by atoms with E-state index in [1.165, 1.54) is 11.1 Å². The van der Waals surface area contributed by atoms with Crippen molar-refractivity contribution < 1.29 is 4.74 Å². The number of ether oxygens (including phenoxy) is 1. The lowest BCUT2D eigenvalue weighted by Gasteiger charge is -2.17. The van der Waals surface area contributed by atoms with Gasteiger partial charge in [0.05, 0.1) is 12.8 Å². The molecule has 11 heavy (non-hydrogen) atoms. The maximum absolute atomic E-state index is 5.44. The van der Waals surface area contributed by atoms with Gasteiger partial charge in [0.25, 0.3) is 0 Å². The quantitative estimate of drug-likeness (QED) is 0.560. The molecule has 0 aliphatic carbocycles. The first kappa shape index (κ1) is 6.65. The molecule has 0 amide bonds. The van der Waals surface area contributed by atoms with Gasteiger partial charge in [-0.05, 0) is 25.3 Å². The van der Waals surface area contributed by atoms with Crippen molar-refractivity contribution in [2.75, 3.05) is 6.61 Å². The molecule has 0 saturated heterocycles. The summed E-state index contributed by atoms with van der Waals surface area (Å²) in [6.07, 6.45) is 5.98. The van der Waals surface area contributed by atoms with Gasteiger partial charge < -0.3 is 4.74 Å².